The van der Waals surface area contributed by atoms with E-state index in [-0.39, 0.29) is 12.1 Å². The van der Waals surface area contributed by atoms with Crippen molar-refractivity contribution in [1.82, 2.24) is 20.1 Å². The highest BCUT2D eigenvalue weighted by atomic mass is 16.2. The van der Waals surface area contributed by atoms with Gasteiger partial charge in [-0.2, -0.15) is 0 Å². The fraction of sp³-hybridized carbons (Fsp3) is 0.545. The molecule has 1 aliphatic heterocycles. The molecule has 2 N–H and O–H groups in total. The van der Waals surface area contributed by atoms with E-state index in [4.69, 9.17) is 0 Å². The zero-order valence-electron chi connectivity index (χ0n) is 9.73. The van der Waals surface area contributed by atoms with Gasteiger partial charge in [-0.1, -0.05) is 0 Å². The maximum atomic E-state index is 11.9. The molecule has 2 heterocycles. The van der Waals surface area contributed by atoms with E-state index in [2.05, 4.69) is 10.3 Å². The van der Waals surface area contributed by atoms with E-state index in [0.717, 1.165) is 19.6 Å². The fourth-order valence-corrected chi connectivity index (χ4v) is 2.07. The van der Waals surface area contributed by atoms with Crippen molar-refractivity contribution >= 4 is 6.03 Å². The number of aromatic amines is 1. The number of likely N-dealkylation sites (N-methyl/N-ethyl adjacent to an activating group) is 2. The average molecular weight is 222 g/mol. The minimum Gasteiger partial charge on any atom is -0.367 e. The Hall–Kier alpha value is -1.49. The predicted octanol–water partition coefficient (Wildman–Crippen LogP) is 0.643. The average Bonchev–Trinajstić information content (AvgIpc) is 2.88. The number of rotatable bonds is 4. The van der Waals surface area contributed by atoms with Crippen LogP contribution in [0.5, 0.6) is 0 Å². The van der Waals surface area contributed by atoms with Gasteiger partial charge in [0, 0.05) is 39.1 Å². The first kappa shape index (κ1) is 11.0. The Morgan fingerprint density at radius 3 is 3.06 bits per heavy atom. The second-order valence-electron chi connectivity index (χ2n) is 4.10. The molecule has 0 aromatic carbocycles. The number of nitrogens with zero attached hydrogens (tertiary/aromatic N) is 2. The lowest BCUT2D eigenvalue weighted by molar-refractivity contribution is 0.196. The van der Waals surface area contributed by atoms with Gasteiger partial charge in [-0.3, -0.25) is 0 Å². The van der Waals surface area contributed by atoms with Crippen LogP contribution in [0.15, 0.2) is 18.5 Å². The van der Waals surface area contributed by atoms with Crippen LogP contribution in [0.2, 0.25) is 0 Å². The molecule has 88 valence electrons. The van der Waals surface area contributed by atoms with Gasteiger partial charge in [0.25, 0.3) is 0 Å². The summed E-state index contributed by atoms with van der Waals surface area (Å²) in [5.41, 5.74) is 1.17. The fourth-order valence-electron chi connectivity index (χ4n) is 2.07. The first-order valence-electron chi connectivity index (χ1n) is 5.53. The number of H-pyrrole nitrogens is 1. The number of carbonyl (C=O) groups excluding carboxylic acids is 1. The van der Waals surface area contributed by atoms with Gasteiger partial charge in [0.2, 0.25) is 0 Å². The summed E-state index contributed by atoms with van der Waals surface area (Å²) in [6.45, 7) is 2.37. The third-order valence-electron chi connectivity index (χ3n) is 3.07. The molecule has 1 fully saturated rings. The minimum absolute atomic E-state index is 0.112. The SMILES string of the molecule is CNCCN1CC(c2cc[nH]c2)N(C)C1=O. The van der Waals surface area contributed by atoms with Gasteiger partial charge in [-0.15, -0.1) is 0 Å². The van der Waals surface area contributed by atoms with E-state index < -0.39 is 0 Å². The molecule has 5 nitrogen and oxygen atoms in total. The van der Waals surface area contributed by atoms with Gasteiger partial charge >= 0.3 is 6.03 Å². The highest BCUT2D eigenvalue weighted by molar-refractivity contribution is 5.77. The maximum absolute atomic E-state index is 11.9. The van der Waals surface area contributed by atoms with Crippen molar-refractivity contribution in [3.63, 3.8) is 0 Å². The summed E-state index contributed by atoms with van der Waals surface area (Å²) in [6, 6.07) is 2.31. The molecular weight excluding hydrogens is 204 g/mol. The summed E-state index contributed by atoms with van der Waals surface area (Å²) in [4.78, 5) is 18.6. The molecule has 2 rings (SSSR count). The lowest BCUT2D eigenvalue weighted by atomic mass is 10.1. The molecule has 2 amide bonds. The second-order valence-corrected chi connectivity index (χ2v) is 4.10. The molecular formula is C11H18N4O. The van der Waals surface area contributed by atoms with Crippen LogP contribution in [0, 0.1) is 0 Å². The van der Waals surface area contributed by atoms with Crippen molar-refractivity contribution < 1.29 is 4.79 Å². The molecule has 5 heteroatoms. The number of nitrogens with one attached hydrogen (secondary N) is 2. The Morgan fingerprint density at radius 1 is 1.62 bits per heavy atom. The lowest BCUT2D eigenvalue weighted by Crippen LogP contribution is -2.34. The molecule has 1 atom stereocenters. The van der Waals surface area contributed by atoms with Crippen LogP contribution in [0.3, 0.4) is 0 Å². The number of hydrogen-bond donors (Lipinski definition) is 2. The second kappa shape index (κ2) is 4.57. The molecule has 0 aliphatic carbocycles. The van der Waals surface area contributed by atoms with E-state index in [0.29, 0.717) is 0 Å². The number of amides is 2. The van der Waals surface area contributed by atoms with E-state index in [9.17, 15) is 4.79 Å². The van der Waals surface area contributed by atoms with Gasteiger partial charge in [-0.05, 0) is 18.7 Å². The molecule has 0 spiro atoms. The normalized spacial score (nSPS) is 20.9. The third-order valence-corrected chi connectivity index (χ3v) is 3.07. The van der Waals surface area contributed by atoms with Crippen molar-refractivity contribution in [1.29, 1.82) is 0 Å². The molecule has 1 aromatic rings. The number of carbonyl (C=O) groups is 1. The molecule has 0 radical (unpaired) electrons. The largest absolute Gasteiger partial charge is 0.367 e. The Morgan fingerprint density at radius 2 is 2.44 bits per heavy atom. The Bertz CT molecular complexity index is 349. The monoisotopic (exact) mass is 222 g/mol. The lowest BCUT2D eigenvalue weighted by Gasteiger charge is -2.16. The number of urea groups is 1. The van der Waals surface area contributed by atoms with Gasteiger partial charge in [0.15, 0.2) is 0 Å². The molecule has 0 saturated carbocycles. The standard InChI is InChI=1S/C11H18N4O/c1-12-5-6-15-8-10(14(2)11(15)16)9-3-4-13-7-9/h3-4,7,10,12-13H,5-6,8H2,1-2H3. The Labute approximate surface area is 95.4 Å². The van der Waals surface area contributed by atoms with Crippen LogP contribution in [0.4, 0.5) is 4.79 Å². The van der Waals surface area contributed by atoms with Crippen LogP contribution in [-0.4, -0.2) is 54.5 Å². The maximum Gasteiger partial charge on any atom is 0.320 e. The quantitative estimate of drug-likeness (QED) is 0.785. The van der Waals surface area contributed by atoms with Crippen LogP contribution in [-0.2, 0) is 0 Å². The summed E-state index contributed by atoms with van der Waals surface area (Å²) in [7, 11) is 3.76. The van der Waals surface area contributed by atoms with Gasteiger partial charge < -0.3 is 20.1 Å². The van der Waals surface area contributed by atoms with Crippen LogP contribution in [0.25, 0.3) is 0 Å². The highest BCUT2D eigenvalue weighted by Crippen LogP contribution is 2.27. The van der Waals surface area contributed by atoms with Crippen LogP contribution >= 0.6 is 0 Å². The first-order chi connectivity index (χ1) is 7.74. The molecule has 1 unspecified atom stereocenters. The third kappa shape index (κ3) is 1.90. The summed E-state index contributed by atoms with van der Waals surface area (Å²) < 4.78 is 0. The first-order valence-corrected chi connectivity index (χ1v) is 5.53. The Balaban J connectivity index is 2.05. The predicted molar refractivity (Wildman–Crippen MR) is 62.2 cm³/mol. The molecule has 1 aliphatic rings. The smallest absolute Gasteiger partial charge is 0.320 e. The van der Waals surface area contributed by atoms with Crippen molar-refractivity contribution in [3.05, 3.63) is 24.0 Å². The molecule has 16 heavy (non-hydrogen) atoms. The summed E-state index contributed by atoms with van der Waals surface area (Å²) in [5, 5.41) is 3.06. The highest BCUT2D eigenvalue weighted by Gasteiger charge is 2.34. The van der Waals surface area contributed by atoms with Gasteiger partial charge in [0.1, 0.15) is 0 Å². The van der Waals surface area contributed by atoms with Crippen molar-refractivity contribution in [2.75, 3.05) is 33.7 Å². The van der Waals surface area contributed by atoms with Crippen molar-refractivity contribution in [2.24, 2.45) is 0 Å². The van der Waals surface area contributed by atoms with E-state index in [1.54, 1.807) is 4.90 Å². The van der Waals surface area contributed by atoms with Crippen LogP contribution < -0.4 is 5.32 Å². The molecule has 1 aromatic heterocycles. The van der Waals surface area contributed by atoms with Gasteiger partial charge in [0.05, 0.1) is 6.04 Å². The molecule has 1 saturated heterocycles. The zero-order valence-corrected chi connectivity index (χ0v) is 9.73. The van der Waals surface area contributed by atoms with Crippen LogP contribution in [0.1, 0.15) is 11.6 Å². The Kier molecular flexibility index (Phi) is 3.14. The number of aromatic nitrogens is 1. The minimum atomic E-state index is 0.112. The topological polar surface area (TPSA) is 51.4 Å². The zero-order chi connectivity index (χ0) is 11.5. The van der Waals surface area contributed by atoms with Crippen molar-refractivity contribution in [3.8, 4) is 0 Å². The van der Waals surface area contributed by atoms with E-state index >= 15 is 0 Å². The number of hydrogen-bond acceptors (Lipinski definition) is 2. The summed E-state index contributed by atoms with van der Waals surface area (Å²) >= 11 is 0. The summed E-state index contributed by atoms with van der Waals surface area (Å²) in [5.74, 6) is 0. The molecule has 0 bridgehead atoms. The van der Waals surface area contributed by atoms with E-state index in [1.807, 2.05) is 37.5 Å². The van der Waals surface area contributed by atoms with E-state index in [1.165, 1.54) is 5.56 Å². The summed E-state index contributed by atoms with van der Waals surface area (Å²) in [6.07, 6.45) is 3.85. The van der Waals surface area contributed by atoms with Crippen molar-refractivity contribution in [2.45, 2.75) is 6.04 Å². The van der Waals surface area contributed by atoms with Gasteiger partial charge in [-0.25, -0.2) is 4.79 Å².